The van der Waals surface area contributed by atoms with Crippen LogP contribution in [0.2, 0.25) is 0 Å². The fourth-order valence-corrected chi connectivity index (χ4v) is 3.01. The topological polar surface area (TPSA) is 71.1 Å². The lowest BCUT2D eigenvalue weighted by Crippen LogP contribution is -2.18. The first-order valence-electron chi connectivity index (χ1n) is 5.70. The lowest BCUT2D eigenvalue weighted by Gasteiger charge is -2.06. The molecule has 2 rings (SSSR count). The van der Waals surface area contributed by atoms with E-state index in [4.69, 9.17) is 0 Å². The van der Waals surface area contributed by atoms with E-state index in [0.29, 0.717) is 6.54 Å². The van der Waals surface area contributed by atoms with Gasteiger partial charge in [-0.3, -0.25) is 0 Å². The van der Waals surface area contributed by atoms with Gasteiger partial charge in [-0.15, -0.1) is 11.3 Å². The summed E-state index contributed by atoms with van der Waals surface area (Å²) in [5.74, 6) is 0. The molecular formula is C12H15N3O2S2. The molecule has 1 aromatic heterocycles. The first kappa shape index (κ1) is 14.0. The maximum atomic E-state index is 11.6. The number of rotatable bonds is 5. The molecule has 2 N–H and O–H groups in total. The lowest BCUT2D eigenvalue weighted by atomic mass is 10.3. The van der Waals surface area contributed by atoms with Gasteiger partial charge in [0, 0.05) is 16.8 Å². The molecule has 19 heavy (non-hydrogen) atoms. The molecule has 0 radical (unpaired) electrons. The zero-order chi connectivity index (χ0) is 13.9. The van der Waals surface area contributed by atoms with E-state index in [0.717, 1.165) is 15.6 Å². The Morgan fingerprint density at radius 1 is 1.26 bits per heavy atom. The molecule has 1 aromatic carbocycles. The van der Waals surface area contributed by atoms with E-state index < -0.39 is 10.0 Å². The second-order valence-electron chi connectivity index (χ2n) is 3.93. The molecule has 7 heteroatoms. The number of benzene rings is 1. The molecule has 2 aromatic rings. The first-order chi connectivity index (χ1) is 9.01. The molecule has 102 valence electrons. The average Bonchev–Trinajstić information content (AvgIpc) is 2.83. The summed E-state index contributed by atoms with van der Waals surface area (Å²) in [5.41, 5.74) is 0.876. The van der Waals surface area contributed by atoms with Crippen LogP contribution in [0.4, 0.5) is 5.69 Å². The summed E-state index contributed by atoms with van der Waals surface area (Å²) in [5, 5.41) is 4.26. The molecule has 5 nitrogen and oxygen atoms in total. The molecule has 0 atom stereocenters. The highest BCUT2D eigenvalue weighted by atomic mass is 32.2. The van der Waals surface area contributed by atoms with Crippen LogP contribution in [-0.4, -0.2) is 20.4 Å². The minimum atomic E-state index is -3.36. The summed E-state index contributed by atoms with van der Waals surface area (Å²) in [6, 6.07) is 6.65. The van der Waals surface area contributed by atoms with Crippen molar-refractivity contribution < 1.29 is 8.42 Å². The Hall–Kier alpha value is -1.44. The second-order valence-corrected chi connectivity index (χ2v) is 7.14. The molecule has 0 aliphatic rings. The Kier molecular flexibility index (Phi) is 4.18. The third-order valence-corrected chi connectivity index (χ3v) is 4.91. The Bertz CT molecular complexity index is 648. The summed E-state index contributed by atoms with van der Waals surface area (Å²) in [4.78, 5) is 5.58. The Morgan fingerprint density at radius 3 is 2.47 bits per heavy atom. The van der Waals surface area contributed by atoms with Gasteiger partial charge in [0.25, 0.3) is 0 Å². The van der Waals surface area contributed by atoms with E-state index in [1.54, 1.807) is 35.6 Å². The third kappa shape index (κ3) is 3.52. The number of anilines is 1. The molecular weight excluding hydrogens is 282 g/mol. The molecule has 0 fully saturated rings. The maximum absolute atomic E-state index is 11.6. The molecule has 0 spiro atoms. The highest BCUT2D eigenvalue weighted by Gasteiger charge is 2.10. The minimum Gasteiger partial charge on any atom is -0.380 e. The zero-order valence-corrected chi connectivity index (χ0v) is 12.3. The summed E-state index contributed by atoms with van der Waals surface area (Å²) >= 11 is 1.64. The molecule has 0 aliphatic heterocycles. The molecule has 0 saturated carbocycles. The molecule has 0 aliphatic carbocycles. The number of nitrogens with one attached hydrogen (secondary N) is 2. The summed E-state index contributed by atoms with van der Waals surface area (Å²) < 4.78 is 25.4. The Balaban J connectivity index is 2.03. The van der Waals surface area contributed by atoms with E-state index in [-0.39, 0.29) is 4.90 Å². The monoisotopic (exact) mass is 297 g/mol. The van der Waals surface area contributed by atoms with Crippen molar-refractivity contribution in [2.24, 2.45) is 0 Å². The van der Waals surface area contributed by atoms with Gasteiger partial charge in [-0.2, -0.15) is 0 Å². The number of hydrogen-bond acceptors (Lipinski definition) is 5. The molecule has 0 unspecified atom stereocenters. The number of thiazole rings is 1. The van der Waals surface area contributed by atoms with Crippen molar-refractivity contribution in [1.29, 1.82) is 0 Å². The largest absolute Gasteiger partial charge is 0.380 e. The first-order valence-corrected chi connectivity index (χ1v) is 8.00. The van der Waals surface area contributed by atoms with Crippen LogP contribution in [0.3, 0.4) is 0 Å². The standard InChI is InChI=1S/C12H15N3O2S2/c1-9-14-7-11(18-9)8-15-10-3-5-12(6-4-10)19(16,17)13-2/h3-7,13,15H,8H2,1-2H3. The van der Waals surface area contributed by atoms with Gasteiger partial charge in [-0.25, -0.2) is 18.1 Å². The number of aryl methyl sites for hydroxylation is 1. The van der Waals surface area contributed by atoms with Crippen LogP contribution >= 0.6 is 11.3 Å². The van der Waals surface area contributed by atoms with Crippen molar-refractivity contribution >= 4 is 27.0 Å². The third-order valence-electron chi connectivity index (χ3n) is 2.57. The van der Waals surface area contributed by atoms with Crippen LogP contribution in [-0.2, 0) is 16.6 Å². The molecule has 0 bridgehead atoms. The second kappa shape index (κ2) is 5.68. The van der Waals surface area contributed by atoms with E-state index in [1.807, 2.05) is 13.1 Å². The van der Waals surface area contributed by atoms with Crippen molar-refractivity contribution in [1.82, 2.24) is 9.71 Å². The number of aromatic nitrogens is 1. The van der Waals surface area contributed by atoms with Gasteiger partial charge in [0.05, 0.1) is 16.4 Å². The van der Waals surface area contributed by atoms with Crippen LogP contribution < -0.4 is 10.0 Å². The van der Waals surface area contributed by atoms with Gasteiger partial charge < -0.3 is 5.32 Å². The number of hydrogen-bond donors (Lipinski definition) is 2. The molecule has 0 saturated heterocycles. The van der Waals surface area contributed by atoms with E-state index in [1.165, 1.54) is 7.05 Å². The molecule has 1 heterocycles. The van der Waals surface area contributed by atoms with Gasteiger partial charge in [-0.05, 0) is 38.2 Å². The predicted octanol–water partition coefficient (Wildman–Crippen LogP) is 1.97. The van der Waals surface area contributed by atoms with Gasteiger partial charge in [0.1, 0.15) is 0 Å². The highest BCUT2D eigenvalue weighted by molar-refractivity contribution is 7.89. The van der Waals surface area contributed by atoms with Crippen molar-refractivity contribution in [2.45, 2.75) is 18.4 Å². The van der Waals surface area contributed by atoms with Gasteiger partial charge in [0.2, 0.25) is 10.0 Å². The fourth-order valence-electron chi connectivity index (χ4n) is 1.55. The summed E-state index contributed by atoms with van der Waals surface area (Å²) in [6.07, 6.45) is 1.84. The quantitative estimate of drug-likeness (QED) is 0.885. The Morgan fingerprint density at radius 2 is 1.95 bits per heavy atom. The van der Waals surface area contributed by atoms with Gasteiger partial charge in [0.15, 0.2) is 0 Å². The van der Waals surface area contributed by atoms with Crippen LogP contribution in [0.5, 0.6) is 0 Å². The van der Waals surface area contributed by atoms with Crippen molar-refractivity contribution in [3.63, 3.8) is 0 Å². The number of sulfonamides is 1. The molecule has 0 amide bonds. The van der Waals surface area contributed by atoms with Crippen molar-refractivity contribution in [3.05, 3.63) is 40.3 Å². The normalized spacial score (nSPS) is 11.5. The number of nitrogens with zero attached hydrogens (tertiary/aromatic N) is 1. The summed E-state index contributed by atoms with van der Waals surface area (Å²) in [7, 11) is -1.97. The highest BCUT2D eigenvalue weighted by Crippen LogP contribution is 2.16. The van der Waals surface area contributed by atoms with E-state index >= 15 is 0 Å². The predicted molar refractivity (Wildman–Crippen MR) is 76.9 cm³/mol. The summed E-state index contributed by atoms with van der Waals surface area (Å²) in [6.45, 7) is 2.65. The fraction of sp³-hybridized carbons (Fsp3) is 0.250. The van der Waals surface area contributed by atoms with Crippen LogP contribution in [0.15, 0.2) is 35.4 Å². The minimum absolute atomic E-state index is 0.259. The zero-order valence-electron chi connectivity index (χ0n) is 10.7. The van der Waals surface area contributed by atoms with Crippen LogP contribution in [0.1, 0.15) is 9.88 Å². The SMILES string of the molecule is CNS(=O)(=O)c1ccc(NCc2cnc(C)s2)cc1. The van der Waals surface area contributed by atoms with Gasteiger partial charge >= 0.3 is 0 Å². The maximum Gasteiger partial charge on any atom is 0.240 e. The van der Waals surface area contributed by atoms with Crippen LogP contribution in [0.25, 0.3) is 0 Å². The van der Waals surface area contributed by atoms with Gasteiger partial charge in [-0.1, -0.05) is 0 Å². The lowest BCUT2D eigenvalue weighted by molar-refractivity contribution is 0.588. The Labute approximate surface area is 116 Å². The van der Waals surface area contributed by atoms with E-state index in [2.05, 4.69) is 15.0 Å². The smallest absolute Gasteiger partial charge is 0.240 e. The average molecular weight is 297 g/mol. The van der Waals surface area contributed by atoms with Crippen molar-refractivity contribution in [3.8, 4) is 0 Å². The van der Waals surface area contributed by atoms with Crippen molar-refractivity contribution in [2.75, 3.05) is 12.4 Å². The van der Waals surface area contributed by atoms with E-state index in [9.17, 15) is 8.42 Å². The van der Waals surface area contributed by atoms with Crippen LogP contribution in [0, 0.1) is 6.92 Å².